The average molecular weight is 418 g/mol. The summed E-state index contributed by atoms with van der Waals surface area (Å²) in [6.07, 6.45) is 0. The molecule has 4 aromatic rings. The molecule has 4 rings (SSSR count). The van der Waals surface area contributed by atoms with E-state index < -0.39 is 0 Å². The fourth-order valence-electron chi connectivity index (χ4n) is 3.69. The Hall–Kier alpha value is -3.74. The lowest BCUT2D eigenvalue weighted by Crippen LogP contribution is -2.32. The van der Waals surface area contributed by atoms with Crippen molar-refractivity contribution in [2.45, 2.75) is 33.9 Å². The Morgan fingerprint density at radius 3 is 2.39 bits per heavy atom. The van der Waals surface area contributed by atoms with Crippen LogP contribution in [0.2, 0.25) is 0 Å². The Morgan fingerprint density at radius 2 is 1.71 bits per heavy atom. The summed E-state index contributed by atoms with van der Waals surface area (Å²) in [5.74, 6) is -0.644. The van der Waals surface area contributed by atoms with Crippen molar-refractivity contribution in [2.75, 3.05) is 0 Å². The van der Waals surface area contributed by atoms with E-state index in [1.807, 2.05) is 45.0 Å². The Bertz CT molecular complexity index is 1320. The number of aryl methyl sites for hydroxylation is 3. The SMILES string of the molecule is Cc1ccc(-n2nc(C)c3c(C)cc(=O)n(CC(=O)NCc4ccc(F)cc4)c32)cc1. The van der Waals surface area contributed by atoms with Gasteiger partial charge in [-0.25, -0.2) is 9.07 Å². The average Bonchev–Trinajstić information content (AvgIpc) is 3.09. The smallest absolute Gasteiger partial charge is 0.252 e. The Morgan fingerprint density at radius 1 is 1.03 bits per heavy atom. The fraction of sp³-hybridized carbons (Fsp3) is 0.208. The van der Waals surface area contributed by atoms with Crippen LogP contribution in [0.15, 0.2) is 59.4 Å². The van der Waals surface area contributed by atoms with Crippen molar-refractivity contribution in [2.24, 2.45) is 0 Å². The molecule has 6 nitrogen and oxygen atoms in total. The lowest BCUT2D eigenvalue weighted by atomic mass is 10.1. The van der Waals surface area contributed by atoms with E-state index in [1.54, 1.807) is 16.8 Å². The van der Waals surface area contributed by atoms with Gasteiger partial charge in [-0.15, -0.1) is 0 Å². The molecule has 2 aromatic heterocycles. The molecular weight excluding hydrogens is 395 g/mol. The van der Waals surface area contributed by atoms with Crippen LogP contribution in [0.25, 0.3) is 16.7 Å². The number of rotatable bonds is 5. The highest BCUT2D eigenvalue weighted by atomic mass is 19.1. The second-order valence-electron chi connectivity index (χ2n) is 7.69. The minimum absolute atomic E-state index is 0.145. The van der Waals surface area contributed by atoms with Crippen LogP contribution in [-0.4, -0.2) is 20.3 Å². The summed E-state index contributed by atoms with van der Waals surface area (Å²) in [7, 11) is 0. The van der Waals surface area contributed by atoms with Gasteiger partial charge in [0.15, 0.2) is 0 Å². The second-order valence-corrected chi connectivity index (χ2v) is 7.69. The van der Waals surface area contributed by atoms with Crippen LogP contribution in [0.1, 0.15) is 22.4 Å². The molecule has 0 saturated carbocycles. The Kier molecular flexibility index (Phi) is 5.42. The van der Waals surface area contributed by atoms with Crippen molar-refractivity contribution in [1.29, 1.82) is 0 Å². The first-order valence-corrected chi connectivity index (χ1v) is 10.0. The first kappa shape index (κ1) is 20.5. The lowest BCUT2D eigenvalue weighted by Gasteiger charge is -2.13. The molecule has 2 aromatic carbocycles. The molecule has 0 aliphatic rings. The first-order chi connectivity index (χ1) is 14.8. The first-order valence-electron chi connectivity index (χ1n) is 10.0. The molecule has 0 aliphatic carbocycles. The monoisotopic (exact) mass is 418 g/mol. The summed E-state index contributed by atoms with van der Waals surface area (Å²) >= 11 is 0. The molecule has 0 unspecified atom stereocenters. The summed E-state index contributed by atoms with van der Waals surface area (Å²) < 4.78 is 16.2. The molecule has 1 amide bonds. The third-order valence-corrected chi connectivity index (χ3v) is 5.28. The summed E-state index contributed by atoms with van der Waals surface area (Å²) in [5, 5.41) is 8.30. The maximum atomic E-state index is 13.1. The van der Waals surface area contributed by atoms with Gasteiger partial charge in [-0.2, -0.15) is 5.10 Å². The van der Waals surface area contributed by atoms with Crippen molar-refractivity contribution >= 4 is 16.9 Å². The number of hydrogen-bond donors (Lipinski definition) is 1. The number of nitrogens with one attached hydrogen (secondary N) is 1. The number of aromatic nitrogens is 3. The highest BCUT2D eigenvalue weighted by Gasteiger charge is 2.18. The molecule has 158 valence electrons. The highest BCUT2D eigenvalue weighted by molar-refractivity contribution is 5.85. The van der Waals surface area contributed by atoms with Gasteiger partial charge in [0.25, 0.3) is 5.56 Å². The number of fused-ring (bicyclic) bond motifs is 1. The number of amides is 1. The molecule has 1 N–H and O–H groups in total. The van der Waals surface area contributed by atoms with E-state index in [0.29, 0.717) is 5.65 Å². The molecule has 0 radical (unpaired) electrons. The van der Waals surface area contributed by atoms with Crippen LogP contribution < -0.4 is 10.9 Å². The zero-order valence-electron chi connectivity index (χ0n) is 17.6. The van der Waals surface area contributed by atoms with E-state index in [9.17, 15) is 14.0 Å². The van der Waals surface area contributed by atoms with Crippen LogP contribution >= 0.6 is 0 Å². The molecule has 0 fully saturated rings. The molecule has 0 saturated heterocycles. The molecule has 31 heavy (non-hydrogen) atoms. The van der Waals surface area contributed by atoms with Crippen molar-refractivity contribution in [3.8, 4) is 5.69 Å². The maximum absolute atomic E-state index is 13.1. The van der Waals surface area contributed by atoms with Gasteiger partial charge in [-0.05, 0) is 56.2 Å². The number of halogens is 1. The number of carbonyl (C=O) groups is 1. The largest absolute Gasteiger partial charge is 0.350 e. The van der Waals surface area contributed by atoms with Crippen molar-refractivity contribution < 1.29 is 9.18 Å². The molecular formula is C24H23FN4O2. The Balaban J connectivity index is 1.71. The van der Waals surface area contributed by atoms with E-state index in [1.165, 1.54) is 22.8 Å². The summed E-state index contributed by atoms with van der Waals surface area (Å²) in [4.78, 5) is 25.5. The number of pyridine rings is 1. The van der Waals surface area contributed by atoms with E-state index >= 15 is 0 Å². The third-order valence-electron chi connectivity index (χ3n) is 5.28. The lowest BCUT2D eigenvalue weighted by molar-refractivity contribution is -0.121. The van der Waals surface area contributed by atoms with E-state index in [-0.39, 0.29) is 30.4 Å². The van der Waals surface area contributed by atoms with Gasteiger partial charge in [0.2, 0.25) is 5.91 Å². The molecule has 0 atom stereocenters. The van der Waals surface area contributed by atoms with Gasteiger partial charge in [0, 0.05) is 18.0 Å². The van der Waals surface area contributed by atoms with E-state index in [2.05, 4.69) is 10.4 Å². The van der Waals surface area contributed by atoms with Gasteiger partial charge in [0.05, 0.1) is 11.4 Å². The molecule has 0 spiro atoms. The maximum Gasteiger partial charge on any atom is 0.252 e. The van der Waals surface area contributed by atoms with Crippen LogP contribution in [0.3, 0.4) is 0 Å². The van der Waals surface area contributed by atoms with E-state index in [4.69, 9.17) is 0 Å². The van der Waals surface area contributed by atoms with Gasteiger partial charge >= 0.3 is 0 Å². The quantitative estimate of drug-likeness (QED) is 0.539. The predicted octanol–water partition coefficient (Wildman–Crippen LogP) is 3.57. The molecule has 0 aliphatic heterocycles. The number of hydrogen-bond acceptors (Lipinski definition) is 3. The number of carbonyl (C=O) groups excluding carboxylic acids is 1. The number of nitrogens with zero attached hydrogens (tertiary/aromatic N) is 3. The van der Waals surface area contributed by atoms with Crippen molar-refractivity contribution in [1.82, 2.24) is 19.7 Å². The molecule has 2 heterocycles. The molecule has 0 bridgehead atoms. The number of benzene rings is 2. The van der Waals surface area contributed by atoms with Crippen LogP contribution in [0.5, 0.6) is 0 Å². The minimum Gasteiger partial charge on any atom is -0.350 e. The van der Waals surface area contributed by atoms with Gasteiger partial charge in [-0.3, -0.25) is 14.2 Å². The Labute approximate surface area is 178 Å². The topological polar surface area (TPSA) is 68.9 Å². The zero-order chi connectivity index (χ0) is 22.1. The van der Waals surface area contributed by atoms with Crippen molar-refractivity contribution in [3.63, 3.8) is 0 Å². The fourth-order valence-corrected chi connectivity index (χ4v) is 3.69. The molecule has 7 heteroatoms. The van der Waals surface area contributed by atoms with Gasteiger partial charge in [-0.1, -0.05) is 29.8 Å². The van der Waals surface area contributed by atoms with Crippen LogP contribution in [0.4, 0.5) is 4.39 Å². The second kappa shape index (κ2) is 8.18. The van der Waals surface area contributed by atoms with Gasteiger partial charge in [0.1, 0.15) is 18.0 Å². The van der Waals surface area contributed by atoms with Crippen LogP contribution in [0, 0.1) is 26.6 Å². The van der Waals surface area contributed by atoms with E-state index in [0.717, 1.165) is 33.5 Å². The third kappa shape index (κ3) is 4.12. The zero-order valence-corrected chi connectivity index (χ0v) is 17.6. The normalized spacial score (nSPS) is 11.1. The summed E-state index contributed by atoms with van der Waals surface area (Å²) in [5.41, 5.74) is 4.63. The minimum atomic E-state index is -0.330. The van der Waals surface area contributed by atoms with Gasteiger partial charge < -0.3 is 5.32 Å². The van der Waals surface area contributed by atoms with Crippen LogP contribution in [-0.2, 0) is 17.9 Å². The van der Waals surface area contributed by atoms with Crippen molar-refractivity contribution in [3.05, 3.63) is 93.2 Å². The highest BCUT2D eigenvalue weighted by Crippen LogP contribution is 2.24. The summed E-state index contributed by atoms with van der Waals surface area (Å²) in [6, 6.07) is 15.3. The standard InChI is InChI=1S/C24H23FN4O2/c1-15-4-10-20(11-5-15)29-24-23(17(3)27-29)16(2)12-22(31)28(24)14-21(30)26-13-18-6-8-19(25)9-7-18/h4-12H,13-14H2,1-3H3,(H,26,30). The summed E-state index contributed by atoms with van der Waals surface area (Å²) in [6.45, 7) is 5.87. The predicted molar refractivity (Wildman–Crippen MR) is 118 cm³/mol.